The van der Waals surface area contributed by atoms with Gasteiger partial charge in [-0.3, -0.25) is 4.31 Å². The lowest BCUT2D eigenvalue weighted by atomic mass is 9.93. The minimum absolute atomic E-state index is 0.679. The molecule has 2 rings (SSSR count). The Morgan fingerprint density at radius 2 is 1.93 bits per heavy atom. The van der Waals surface area contributed by atoms with Gasteiger partial charge in [0.05, 0.1) is 5.71 Å². The molecule has 2 aliphatic rings. The molecule has 0 atom stereocenters. The minimum atomic E-state index is -3.42. The van der Waals surface area contributed by atoms with Crippen molar-refractivity contribution in [3.8, 4) is 0 Å². The van der Waals surface area contributed by atoms with Crippen molar-refractivity contribution in [3.05, 3.63) is 11.3 Å². The first-order valence-electron chi connectivity index (χ1n) is 4.80. The summed E-state index contributed by atoms with van der Waals surface area (Å²) in [5.74, 6) is 0. The number of hydrogen-bond acceptors (Lipinski definition) is 2. The van der Waals surface area contributed by atoms with Crippen LogP contribution in [0.5, 0.6) is 0 Å². The first kappa shape index (κ1) is 9.71. The largest absolute Gasteiger partial charge is 0.344 e. The molecule has 0 fully saturated rings. The molecule has 0 unspecified atom stereocenters. The number of allylic oxidation sites excluding steroid dienone is 2. The summed E-state index contributed by atoms with van der Waals surface area (Å²) in [6.45, 7) is 1.78. The molecule has 0 saturated heterocycles. The van der Waals surface area contributed by atoms with Gasteiger partial charge in [-0.2, -0.15) is 8.42 Å². The molecule has 0 N–H and O–H groups in total. The molecule has 0 spiro atoms. The lowest BCUT2D eigenvalue weighted by Crippen LogP contribution is -2.32. The third-order valence-electron chi connectivity index (χ3n) is 2.85. The Bertz CT molecular complexity index is 420. The van der Waals surface area contributed by atoms with E-state index in [-0.39, 0.29) is 0 Å². The lowest BCUT2D eigenvalue weighted by Gasteiger charge is -2.30. The van der Waals surface area contributed by atoms with Crippen LogP contribution in [0.3, 0.4) is 0 Å². The van der Waals surface area contributed by atoms with E-state index >= 15 is 0 Å². The fraction of sp³-hybridized carbons (Fsp3) is 0.667. The second-order valence-corrected chi connectivity index (χ2v) is 5.38. The van der Waals surface area contributed by atoms with Gasteiger partial charge in [0.15, 0.2) is 0 Å². The summed E-state index contributed by atoms with van der Waals surface area (Å²) < 4.78 is 28.2. The molecule has 0 amide bonds. The Hall–Kier alpha value is -0.840. The quantitative estimate of drug-likeness (QED) is 0.613. The highest BCUT2D eigenvalue weighted by molar-refractivity contribution is 7.88. The molecule has 14 heavy (non-hydrogen) atoms. The summed E-state index contributed by atoms with van der Waals surface area (Å²) in [6, 6.07) is 0. The van der Waals surface area contributed by atoms with Gasteiger partial charge in [-0.25, -0.2) is 0 Å². The minimum Gasteiger partial charge on any atom is -0.259 e. The Kier molecular flexibility index (Phi) is 2.14. The van der Waals surface area contributed by atoms with Crippen LogP contribution in [0.1, 0.15) is 32.6 Å². The molecule has 0 aromatic carbocycles. The smallest absolute Gasteiger partial charge is 0.259 e. The standard InChI is InChI=1S/C9H14N2O2S/c1-7-8-5-3-4-6-9(8)11(2)14(12,13)10-7/h3-6H2,1-2H3. The molecule has 0 aromatic rings. The van der Waals surface area contributed by atoms with Gasteiger partial charge >= 0.3 is 10.2 Å². The van der Waals surface area contributed by atoms with E-state index in [0.717, 1.165) is 37.0 Å². The maximum atomic E-state index is 11.6. The van der Waals surface area contributed by atoms with E-state index in [4.69, 9.17) is 0 Å². The molecule has 78 valence electrons. The van der Waals surface area contributed by atoms with Crippen LogP contribution in [0, 0.1) is 0 Å². The maximum absolute atomic E-state index is 11.6. The van der Waals surface area contributed by atoms with E-state index in [1.165, 1.54) is 4.31 Å². The molecule has 5 heteroatoms. The van der Waals surface area contributed by atoms with Gasteiger partial charge in [-0.15, -0.1) is 4.40 Å². The van der Waals surface area contributed by atoms with Crippen molar-refractivity contribution in [3.63, 3.8) is 0 Å². The molecule has 0 radical (unpaired) electrons. The predicted molar refractivity (Wildman–Crippen MR) is 55.3 cm³/mol. The van der Waals surface area contributed by atoms with Crippen LogP contribution >= 0.6 is 0 Å². The van der Waals surface area contributed by atoms with Gasteiger partial charge in [-0.05, 0) is 38.2 Å². The fourth-order valence-electron chi connectivity index (χ4n) is 2.06. The van der Waals surface area contributed by atoms with Gasteiger partial charge in [0.1, 0.15) is 0 Å². The van der Waals surface area contributed by atoms with Crippen LogP contribution in [0.2, 0.25) is 0 Å². The molecule has 0 aromatic heterocycles. The van der Waals surface area contributed by atoms with E-state index in [9.17, 15) is 8.42 Å². The molecule has 1 heterocycles. The number of hydrogen-bond donors (Lipinski definition) is 0. The second kappa shape index (κ2) is 3.08. The van der Waals surface area contributed by atoms with Crippen molar-refractivity contribution in [2.75, 3.05) is 7.05 Å². The van der Waals surface area contributed by atoms with Crippen LogP contribution < -0.4 is 0 Å². The van der Waals surface area contributed by atoms with Crippen molar-refractivity contribution in [1.82, 2.24) is 4.31 Å². The van der Waals surface area contributed by atoms with Crippen molar-refractivity contribution in [2.24, 2.45) is 4.40 Å². The van der Waals surface area contributed by atoms with Crippen molar-refractivity contribution < 1.29 is 8.42 Å². The SMILES string of the molecule is CC1=NS(=O)(=O)N(C)C2=C1CCCC2. The van der Waals surface area contributed by atoms with Gasteiger partial charge < -0.3 is 0 Å². The van der Waals surface area contributed by atoms with Gasteiger partial charge in [0.2, 0.25) is 0 Å². The molecule has 0 bridgehead atoms. The predicted octanol–water partition coefficient (Wildman–Crippen LogP) is 1.47. The highest BCUT2D eigenvalue weighted by Crippen LogP contribution is 2.32. The summed E-state index contributed by atoms with van der Waals surface area (Å²) in [5.41, 5.74) is 2.76. The molecular weight excluding hydrogens is 200 g/mol. The zero-order valence-corrected chi connectivity index (χ0v) is 9.26. The monoisotopic (exact) mass is 214 g/mol. The van der Waals surface area contributed by atoms with E-state index in [2.05, 4.69) is 4.40 Å². The summed E-state index contributed by atoms with van der Waals surface area (Å²) in [5, 5.41) is 0. The third-order valence-corrected chi connectivity index (χ3v) is 4.27. The van der Waals surface area contributed by atoms with Crippen molar-refractivity contribution in [2.45, 2.75) is 32.6 Å². The summed E-state index contributed by atoms with van der Waals surface area (Å²) in [6.07, 6.45) is 4.04. The normalized spacial score (nSPS) is 25.9. The van der Waals surface area contributed by atoms with Crippen LogP contribution in [-0.4, -0.2) is 25.5 Å². The first-order chi connectivity index (χ1) is 6.52. The average Bonchev–Trinajstić information content (AvgIpc) is 2.14. The first-order valence-corrected chi connectivity index (χ1v) is 6.20. The van der Waals surface area contributed by atoms with Crippen LogP contribution in [0.15, 0.2) is 15.7 Å². The fourth-order valence-corrected chi connectivity index (χ4v) is 3.11. The maximum Gasteiger partial charge on any atom is 0.344 e. The molecular formula is C9H14N2O2S. The molecule has 1 aliphatic carbocycles. The van der Waals surface area contributed by atoms with E-state index in [0.29, 0.717) is 5.71 Å². The van der Waals surface area contributed by atoms with Gasteiger partial charge in [-0.1, -0.05) is 0 Å². The Morgan fingerprint density at radius 1 is 1.29 bits per heavy atom. The van der Waals surface area contributed by atoms with E-state index in [1.54, 1.807) is 14.0 Å². The Labute approximate surface area is 84.5 Å². The summed E-state index contributed by atoms with van der Waals surface area (Å²) >= 11 is 0. The average molecular weight is 214 g/mol. The summed E-state index contributed by atoms with van der Waals surface area (Å²) in [4.78, 5) is 0. The number of nitrogens with zero attached hydrogens (tertiary/aromatic N) is 2. The highest BCUT2D eigenvalue weighted by atomic mass is 32.2. The third kappa shape index (κ3) is 1.35. The van der Waals surface area contributed by atoms with E-state index in [1.807, 2.05) is 0 Å². The topological polar surface area (TPSA) is 49.7 Å². The van der Waals surface area contributed by atoms with Crippen molar-refractivity contribution >= 4 is 15.9 Å². The summed E-state index contributed by atoms with van der Waals surface area (Å²) in [7, 11) is -1.83. The van der Waals surface area contributed by atoms with Crippen LogP contribution in [0.25, 0.3) is 0 Å². The van der Waals surface area contributed by atoms with Gasteiger partial charge in [0, 0.05) is 12.7 Å². The molecule has 1 aliphatic heterocycles. The number of rotatable bonds is 0. The van der Waals surface area contributed by atoms with E-state index < -0.39 is 10.2 Å². The van der Waals surface area contributed by atoms with Gasteiger partial charge in [0.25, 0.3) is 0 Å². The zero-order valence-electron chi connectivity index (χ0n) is 8.45. The Morgan fingerprint density at radius 3 is 2.64 bits per heavy atom. The van der Waals surface area contributed by atoms with Crippen molar-refractivity contribution in [1.29, 1.82) is 0 Å². The zero-order chi connectivity index (χ0) is 10.3. The second-order valence-electron chi connectivity index (χ2n) is 3.75. The molecule has 4 nitrogen and oxygen atoms in total. The van der Waals surface area contributed by atoms with Crippen LogP contribution in [-0.2, 0) is 10.2 Å². The highest BCUT2D eigenvalue weighted by Gasteiger charge is 2.29. The lowest BCUT2D eigenvalue weighted by molar-refractivity contribution is 0.489. The molecule has 0 saturated carbocycles. The Balaban J connectivity index is 2.54. The van der Waals surface area contributed by atoms with Crippen LogP contribution in [0.4, 0.5) is 0 Å².